The fourth-order valence-electron chi connectivity index (χ4n) is 11.3. The summed E-state index contributed by atoms with van der Waals surface area (Å²) in [4.78, 5) is 38.6. The van der Waals surface area contributed by atoms with Crippen LogP contribution in [-0.2, 0) is 25.2 Å². The molecule has 11 heteroatoms. The van der Waals surface area contributed by atoms with Crippen molar-refractivity contribution in [3.63, 3.8) is 0 Å². The molecule has 0 unspecified atom stereocenters. The molecule has 334 valence electrons. The van der Waals surface area contributed by atoms with E-state index in [1.165, 1.54) is 5.56 Å². The average molecular weight is 886 g/mol. The second-order valence-electron chi connectivity index (χ2n) is 19.3. The Morgan fingerprint density at radius 3 is 2.09 bits per heavy atom. The van der Waals surface area contributed by atoms with Gasteiger partial charge in [-0.15, -0.1) is 0 Å². The number of rotatable bonds is 13. The second-order valence-corrected chi connectivity index (χ2v) is 23.6. The van der Waals surface area contributed by atoms with Crippen molar-refractivity contribution in [2.24, 2.45) is 17.8 Å². The van der Waals surface area contributed by atoms with E-state index in [1.807, 2.05) is 54.6 Å². The number of imide groups is 1. The Morgan fingerprint density at radius 2 is 1.46 bits per heavy atom. The lowest BCUT2D eigenvalue weighted by Crippen LogP contribution is -2.66. The monoisotopic (exact) mass is 885 g/mol. The number of pyridine rings is 1. The largest absolute Gasteiger partial charge is 0.507 e. The summed E-state index contributed by atoms with van der Waals surface area (Å²) in [6.07, 6.45) is 6.22. The number of carbonyl (C=O) groups excluding carboxylic acids is 2. The zero-order chi connectivity index (χ0) is 45.1. The van der Waals surface area contributed by atoms with E-state index in [4.69, 9.17) is 14.1 Å². The molecule has 9 rings (SSSR count). The number of piperidine rings is 1. The molecule has 2 N–H and O–H groups in total. The van der Waals surface area contributed by atoms with Gasteiger partial charge in [0, 0.05) is 37.4 Å². The molecule has 0 spiro atoms. The molecule has 4 atom stereocenters. The summed E-state index contributed by atoms with van der Waals surface area (Å²) < 4.78 is 14.2. The first kappa shape index (κ1) is 44.8. The van der Waals surface area contributed by atoms with Gasteiger partial charge in [-0.05, 0) is 106 Å². The minimum atomic E-state index is -3.03. The highest BCUT2D eigenvalue weighted by Crippen LogP contribution is 2.52. The Bertz CT molecular complexity index is 2470. The zero-order valence-electron chi connectivity index (χ0n) is 37.8. The third-order valence-corrected chi connectivity index (χ3v) is 19.3. The van der Waals surface area contributed by atoms with Gasteiger partial charge in [-0.1, -0.05) is 136 Å². The van der Waals surface area contributed by atoms with Crippen LogP contribution in [-0.4, -0.2) is 84.0 Å². The lowest BCUT2D eigenvalue weighted by atomic mass is 9.58. The van der Waals surface area contributed by atoms with Crippen LogP contribution in [0.2, 0.25) is 11.4 Å². The van der Waals surface area contributed by atoms with E-state index in [0.29, 0.717) is 24.8 Å². The Balaban J connectivity index is 1.08. The molecule has 0 bridgehead atoms. The molecule has 2 amide bonds. The van der Waals surface area contributed by atoms with E-state index in [-0.39, 0.29) is 41.6 Å². The number of likely N-dealkylation sites (tertiary alicyclic amines) is 2. The number of hydrogen-bond acceptors (Lipinski definition) is 8. The Labute approximate surface area is 385 Å². The Kier molecular flexibility index (Phi) is 13.2. The van der Waals surface area contributed by atoms with Crippen LogP contribution in [0.1, 0.15) is 69.7 Å². The molecule has 4 aliphatic rings. The van der Waals surface area contributed by atoms with E-state index in [1.54, 1.807) is 23.2 Å². The second kappa shape index (κ2) is 19.2. The smallest absolute Gasteiger partial charge is 0.455 e. The minimum Gasteiger partial charge on any atom is -0.507 e. The van der Waals surface area contributed by atoms with Crippen molar-refractivity contribution in [3.05, 3.63) is 168 Å². The molecule has 5 aromatic rings. The van der Waals surface area contributed by atoms with Crippen molar-refractivity contribution < 1.29 is 28.8 Å². The number of phenolic OH excluding ortho intramolecular Hbond substituents is 1. The van der Waals surface area contributed by atoms with Gasteiger partial charge < -0.3 is 19.2 Å². The molecule has 3 aliphatic heterocycles. The van der Waals surface area contributed by atoms with Gasteiger partial charge in [0.05, 0.1) is 30.2 Å². The van der Waals surface area contributed by atoms with Gasteiger partial charge >= 0.3 is 7.12 Å². The van der Waals surface area contributed by atoms with Crippen LogP contribution in [0.15, 0.2) is 151 Å². The van der Waals surface area contributed by atoms with Crippen molar-refractivity contribution >= 4 is 49.3 Å². The summed E-state index contributed by atoms with van der Waals surface area (Å²) in [5.41, 5.74) is 5.59. The standard InChI is InChI=1S/C54H60BN3O6Si/c1-54(2,3)65(43-20-9-5-10-21-43,44-22-11-6-12-23-44)63-37-41-34-45-51(53(61)58(52(45)60)42-28-31-57(32-29-42)36-38-17-7-4-8-18-38)46-35-55(62)64-49(50(41)46)27-26-39(47-24-15-16-30-56-47)33-40-19-13-14-25-48(40)59/h4-25,30,33,42,45-46,49,51,59,62H,26-29,31-32,34-37H2,1-3H3/b39-33-/t45-,46+,49-,51-/m1/s1. The van der Waals surface area contributed by atoms with Crippen LogP contribution in [0, 0.1) is 17.8 Å². The predicted molar refractivity (Wildman–Crippen MR) is 259 cm³/mol. The van der Waals surface area contributed by atoms with Gasteiger partial charge in [-0.25, -0.2) is 0 Å². The summed E-state index contributed by atoms with van der Waals surface area (Å²) in [5.74, 6) is -1.58. The fourth-order valence-corrected chi connectivity index (χ4v) is 15.9. The number of nitrogens with zero attached hydrogens (tertiary/aromatic N) is 3. The quantitative estimate of drug-likeness (QED) is 0.0693. The molecule has 1 aromatic heterocycles. The number of allylic oxidation sites excluding steroid dienone is 1. The van der Waals surface area contributed by atoms with Crippen LogP contribution < -0.4 is 10.4 Å². The highest BCUT2D eigenvalue weighted by molar-refractivity contribution is 6.99. The topological polar surface area (TPSA) is 112 Å². The van der Waals surface area contributed by atoms with Gasteiger partial charge in [0.2, 0.25) is 11.8 Å². The zero-order valence-corrected chi connectivity index (χ0v) is 38.8. The molecule has 4 aromatic carbocycles. The molecule has 3 fully saturated rings. The van der Waals surface area contributed by atoms with Crippen LogP contribution in [0.4, 0.5) is 0 Å². The van der Waals surface area contributed by atoms with Crippen molar-refractivity contribution in [1.82, 2.24) is 14.8 Å². The molecule has 4 heterocycles. The molecular weight excluding hydrogens is 826 g/mol. The first-order valence-electron chi connectivity index (χ1n) is 23.4. The van der Waals surface area contributed by atoms with E-state index < -0.39 is 39.3 Å². The molecule has 1 aliphatic carbocycles. The average Bonchev–Trinajstić information content (AvgIpc) is 3.57. The number of aromatic nitrogens is 1. The third-order valence-electron chi connectivity index (χ3n) is 14.3. The number of phenols is 1. The Morgan fingerprint density at radius 1 is 0.831 bits per heavy atom. The maximum Gasteiger partial charge on any atom is 0.455 e. The van der Waals surface area contributed by atoms with Gasteiger partial charge in [-0.3, -0.25) is 24.4 Å². The molecule has 65 heavy (non-hydrogen) atoms. The number of benzene rings is 4. The summed E-state index contributed by atoms with van der Waals surface area (Å²) in [5, 5.41) is 24.5. The first-order chi connectivity index (χ1) is 31.5. The van der Waals surface area contributed by atoms with E-state index >= 15 is 0 Å². The van der Waals surface area contributed by atoms with Gasteiger partial charge in [0.25, 0.3) is 8.32 Å². The normalized spacial score (nSPS) is 22.3. The predicted octanol–water partition coefficient (Wildman–Crippen LogP) is 8.15. The lowest BCUT2D eigenvalue weighted by molar-refractivity contribution is -0.144. The highest BCUT2D eigenvalue weighted by Gasteiger charge is 2.59. The third kappa shape index (κ3) is 9.09. The summed E-state index contributed by atoms with van der Waals surface area (Å²) in [6.45, 7) is 9.50. The number of hydrogen-bond donors (Lipinski definition) is 2. The fraction of sp³-hybridized carbons (Fsp3) is 0.352. The van der Waals surface area contributed by atoms with Crippen molar-refractivity contribution in [2.45, 2.75) is 82.9 Å². The summed E-state index contributed by atoms with van der Waals surface area (Å²) >= 11 is 0. The number of aromatic hydroxyl groups is 1. The molecule has 0 radical (unpaired) electrons. The summed E-state index contributed by atoms with van der Waals surface area (Å²) in [6, 6.07) is 44.4. The van der Waals surface area contributed by atoms with E-state index in [0.717, 1.165) is 65.3 Å². The van der Waals surface area contributed by atoms with Gasteiger partial charge in [-0.2, -0.15) is 0 Å². The van der Waals surface area contributed by atoms with Gasteiger partial charge in [0.15, 0.2) is 0 Å². The van der Waals surface area contributed by atoms with Crippen molar-refractivity contribution in [1.29, 1.82) is 0 Å². The van der Waals surface area contributed by atoms with Crippen molar-refractivity contribution in [3.8, 4) is 5.75 Å². The van der Waals surface area contributed by atoms with E-state index in [2.05, 4.69) is 98.5 Å². The first-order valence-corrected chi connectivity index (χ1v) is 25.3. The molecule has 9 nitrogen and oxygen atoms in total. The maximum absolute atomic E-state index is 15.0. The number of fused-ring (bicyclic) bond motifs is 3. The molecule has 3 saturated heterocycles. The Hall–Kier alpha value is -5.43. The molecular formula is C54H60BN3O6Si. The van der Waals surface area contributed by atoms with Gasteiger partial charge in [0.1, 0.15) is 5.75 Å². The van der Waals surface area contributed by atoms with Crippen LogP contribution in [0.5, 0.6) is 5.75 Å². The SMILES string of the molecule is CC(C)(C)[Si](OCC1=C2[C@@H](CC/C(=C/c3ccccc3O)c3ccccn3)OB(O)C[C@@H]2[C@@H]2C(=O)N(C3CCN(Cc4ccccc4)CC3)C(=O)[C@@H]2C1)(c1ccccc1)c1ccccc1. The van der Waals surface area contributed by atoms with E-state index in [9.17, 15) is 19.7 Å². The summed E-state index contributed by atoms with van der Waals surface area (Å²) in [7, 11) is -4.15. The number of carbonyl (C=O) groups is 2. The lowest BCUT2D eigenvalue weighted by Gasteiger charge is -2.46. The van der Waals surface area contributed by atoms with Crippen molar-refractivity contribution in [2.75, 3.05) is 19.7 Å². The number of para-hydroxylation sites is 1. The highest BCUT2D eigenvalue weighted by atomic mass is 28.4. The minimum absolute atomic E-state index is 0.0934. The van der Waals surface area contributed by atoms with Crippen LogP contribution in [0.25, 0.3) is 11.6 Å². The maximum atomic E-state index is 15.0. The molecule has 0 saturated carbocycles. The van der Waals surface area contributed by atoms with Crippen LogP contribution >= 0.6 is 0 Å². The number of amides is 2. The van der Waals surface area contributed by atoms with Crippen LogP contribution in [0.3, 0.4) is 0 Å².